The first-order valence-corrected chi connectivity index (χ1v) is 12.8. The molecule has 3 N–H and O–H groups in total. The fourth-order valence-corrected chi connectivity index (χ4v) is 4.21. The molecule has 194 valence electrons. The second-order valence-corrected chi connectivity index (χ2v) is 9.22. The number of hydrogen-bond acceptors (Lipinski definition) is 5. The van der Waals surface area contributed by atoms with E-state index < -0.39 is 18.2 Å². The third-order valence-electron chi connectivity index (χ3n) is 6.04. The highest BCUT2D eigenvalue weighted by Gasteiger charge is 2.28. The van der Waals surface area contributed by atoms with E-state index in [-0.39, 0.29) is 13.2 Å². The number of aliphatic hydroxyl groups is 2. The number of hydrogen-bond donors (Lipinski definition) is 3. The molecule has 0 radical (unpaired) electrons. The number of unbranched alkanes of at least 4 members (excludes halogenated alkanes) is 1. The summed E-state index contributed by atoms with van der Waals surface area (Å²) >= 11 is 0. The summed E-state index contributed by atoms with van der Waals surface area (Å²) in [5, 5.41) is 24.4. The lowest BCUT2D eigenvalue weighted by Crippen LogP contribution is -2.49. The summed E-state index contributed by atoms with van der Waals surface area (Å²) in [4.78, 5) is 32.3. The van der Waals surface area contributed by atoms with Gasteiger partial charge in [-0.2, -0.15) is 0 Å². The second kappa shape index (κ2) is 14.6. The van der Waals surface area contributed by atoms with Crippen LogP contribution in [0.4, 0.5) is 0 Å². The van der Waals surface area contributed by atoms with Gasteiger partial charge >= 0.3 is 0 Å². The van der Waals surface area contributed by atoms with Gasteiger partial charge in [-0.15, -0.1) is 0 Å². The number of rotatable bonds is 14. The van der Waals surface area contributed by atoms with Gasteiger partial charge < -0.3 is 20.4 Å². The first-order valence-electron chi connectivity index (χ1n) is 12.8. The van der Waals surface area contributed by atoms with Crippen molar-refractivity contribution >= 4 is 11.8 Å². The summed E-state index contributed by atoms with van der Waals surface area (Å²) in [6.45, 7) is 9.28. The molecule has 1 aromatic carbocycles. The zero-order chi connectivity index (χ0) is 25.8. The Bertz CT molecular complexity index is 936. The third-order valence-corrected chi connectivity index (χ3v) is 6.04. The Hall–Kier alpha value is -2.77. The van der Waals surface area contributed by atoms with E-state index in [9.17, 15) is 19.8 Å². The van der Waals surface area contributed by atoms with Gasteiger partial charge in [0.1, 0.15) is 6.10 Å². The maximum absolute atomic E-state index is 13.3. The molecule has 0 bridgehead atoms. The number of amides is 2. The van der Waals surface area contributed by atoms with Crippen LogP contribution in [0, 0.1) is 6.92 Å². The molecule has 0 saturated carbocycles. The van der Waals surface area contributed by atoms with Crippen LogP contribution in [0.25, 0.3) is 0 Å². The molecule has 2 amide bonds. The Kier molecular flexibility index (Phi) is 11.9. The zero-order valence-corrected chi connectivity index (χ0v) is 21.5. The Morgan fingerprint density at radius 1 is 1.00 bits per heavy atom. The molecule has 35 heavy (non-hydrogen) atoms. The molecule has 0 fully saturated rings. The standard InChI is InChI=1S/C28H41N3O4.H2/c1-5-8-9-25(32)26(33)24(18-21-10-12-29-13-11-21)30-27(34)22-16-20(4)17-23(19-22)28(35)31(14-6-2)15-7-3;/h10-13,16-17,19,24-26,32-33H,5-9,14-15,18H2,1-4H3,(H,30,34);1H. The van der Waals surface area contributed by atoms with Gasteiger partial charge in [0.25, 0.3) is 11.8 Å². The Morgan fingerprint density at radius 3 is 2.23 bits per heavy atom. The second-order valence-electron chi connectivity index (χ2n) is 9.22. The van der Waals surface area contributed by atoms with Crippen LogP contribution in [-0.4, -0.2) is 63.3 Å². The number of benzene rings is 1. The van der Waals surface area contributed by atoms with E-state index in [2.05, 4.69) is 10.3 Å². The van der Waals surface area contributed by atoms with E-state index in [1.165, 1.54) is 0 Å². The number of aromatic nitrogens is 1. The summed E-state index contributed by atoms with van der Waals surface area (Å²) in [6.07, 6.45) is 5.44. The minimum absolute atomic E-state index is 0. The van der Waals surface area contributed by atoms with Gasteiger partial charge in [-0.25, -0.2) is 0 Å². The lowest BCUT2D eigenvalue weighted by Gasteiger charge is -2.28. The molecule has 2 aromatic rings. The molecular weight excluding hydrogens is 442 g/mol. The van der Waals surface area contributed by atoms with E-state index >= 15 is 0 Å². The summed E-state index contributed by atoms with van der Waals surface area (Å²) < 4.78 is 0. The van der Waals surface area contributed by atoms with Crippen molar-refractivity contribution < 1.29 is 21.2 Å². The molecule has 3 unspecified atom stereocenters. The number of aryl methyl sites for hydroxylation is 1. The van der Waals surface area contributed by atoms with Crippen molar-refractivity contribution in [2.45, 2.75) is 84.5 Å². The smallest absolute Gasteiger partial charge is 0.253 e. The number of pyridine rings is 1. The van der Waals surface area contributed by atoms with Crippen molar-refractivity contribution in [3.63, 3.8) is 0 Å². The topological polar surface area (TPSA) is 103 Å². The molecule has 0 spiro atoms. The van der Waals surface area contributed by atoms with E-state index in [1.807, 2.05) is 44.7 Å². The molecule has 0 aliphatic carbocycles. The molecule has 3 atom stereocenters. The fraction of sp³-hybridized carbons (Fsp3) is 0.536. The SMILES string of the molecule is CCCCC(O)C(O)C(Cc1ccncc1)NC(=O)c1cc(C)cc(C(=O)N(CCC)CCC)c1.[HH]. The lowest BCUT2D eigenvalue weighted by atomic mass is 9.95. The van der Waals surface area contributed by atoms with E-state index in [0.717, 1.165) is 36.8 Å². The third kappa shape index (κ3) is 8.75. The normalized spacial score (nSPS) is 13.7. The molecule has 7 heteroatoms. The highest BCUT2D eigenvalue weighted by atomic mass is 16.3. The van der Waals surface area contributed by atoms with Crippen molar-refractivity contribution in [3.8, 4) is 0 Å². The van der Waals surface area contributed by atoms with Crippen LogP contribution in [0.3, 0.4) is 0 Å². The number of carbonyl (C=O) groups is 2. The Morgan fingerprint density at radius 2 is 1.63 bits per heavy atom. The Labute approximate surface area is 211 Å². The minimum atomic E-state index is -1.13. The van der Waals surface area contributed by atoms with Gasteiger partial charge in [0.05, 0.1) is 12.1 Å². The average Bonchev–Trinajstić information content (AvgIpc) is 2.86. The van der Waals surface area contributed by atoms with Crippen molar-refractivity contribution in [1.29, 1.82) is 0 Å². The molecule has 1 aromatic heterocycles. The summed E-state index contributed by atoms with van der Waals surface area (Å²) in [5.41, 5.74) is 2.53. The number of nitrogens with zero attached hydrogens (tertiary/aromatic N) is 2. The van der Waals surface area contributed by atoms with Gasteiger partial charge in [-0.1, -0.05) is 33.6 Å². The van der Waals surface area contributed by atoms with Crippen LogP contribution < -0.4 is 5.32 Å². The highest BCUT2D eigenvalue weighted by Crippen LogP contribution is 2.16. The van der Waals surface area contributed by atoms with E-state index in [1.54, 1.807) is 30.6 Å². The van der Waals surface area contributed by atoms with Crippen molar-refractivity contribution in [1.82, 2.24) is 15.2 Å². The fourth-order valence-electron chi connectivity index (χ4n) is 4.21. The van der Waals surface area contributed by atoms with Gasteiger partial charge in [-0.05, 0) is 74.1 Å². The number of aliphatic hydroxyl groups excluding tert-OH is 2. The summed E-state index contributed by atoms with van der Waals surface area (Å²) in [5.74, 6) is -0.476. The molecule has 1 heterocycles. The maximum atomic E-state index is 13.3. The van der Waals surface area contributed by atoms with Crippen LogP contribution in [0.2, 0.25) is 0 Å². The van der Waals surface area contributed by atoms with Gasteiger partial charge in [-0.3, -0.25) is 14.6 Å². The first-order chi connectivity index (χ1) is 16.8. The Balaban J connectivity index is 0.00000648. The van der Waals surface area contributed by atoms with Crippen LogP contribution in [0.1, 0.15) is 86.1 Å². The maximum Gasteiger partial charge on any atom is 0.253 e. The van der Waals surface area contributed by atoms with Crippen molar-refractivity contribution in [2.75, 3.05) is 13.1 Å². The van der Waals surface area contributed by atoms with E-state index in [4.69, 9.17) is 0 Å². The van der Waals surface area contributed by atoms with E-state index in [0.29, 0.717) is 37.1 Å². The largest absolute Gasteiger partial charge is 0.390 e. The van der Waals surface area contributed by atoms with Crippen LogP contribution in [0.5, 0.6) is 0 Å². The summed E-state index contributed by atoms with van der Waals surface area (Å²) in [7, 11) is 0. The molecule has 0 aliphatic heterocycles. The summed E-state index contributed by atoms with van der Waals surface area (Å²) in [6, 6.07) is 8.10. The quantitative estimate of drug-likeness (QED) is 0.373. The number of carbonyl (C=O) groups excluding carboxylic acids is 2. The zero-order valence-electron chi connectivity index (χ0n) is 21.5. The lowest BCUT2D eigenvalue weighted by molar-refractivity contribution is -0.00814. The molecular formula is C28H43N3O4. The molecule has 0 aliphatic rings. The molecule has 7 nitrogen and oxygen atoms in total. The minimum Gasteiger partial charge on any atom is -0.390 e. The monoisotopic (exact) mass is 485 g/mol. The van der Waals surface area contributed by atoms with Gasteiger partial charge in [0.15, 0.2) is 0 Å². The van der Waals surface area contributed by atoms with Crippen molar-refractivity contribution in [3.05, 3.63) is 65.0 Å². The van der Waals surface area contributed by atoms with Crippen LogP contribution >= 0.6 is 0 Å². The van der Waals surface area contributed by atoms with Crippen LogP contribution in [-0.2, 0) is 6.42 Å². The first kappa shape index (κ1) is 28.5. The predicted octanol–water partition coefficient (Wildman–Crippen LogP) is 4.15. The molecule has 2 rings (SSSR count). The number of nitrogens with one attached hydrogen (secondary N) is 1. The average molecular weight is 486 g/mol. The van der Waals surface area contributed by atoms with Gasteiger partial charge in [0.2, 0.25) is 0 Å². The predicted molar refractivity (Wildman–Crippen MR) is 141 cm³/mol. The van der Waals surface area contributed by atoms with Crippen molar-refractivity contribution in [2.24, 2.45) is 0 Å². The van der Waals surface area contributed by atoms with Gasteiger partial charge in [0, 0.05) is 38.0 Å². The highest BCUT2D eigenvalue weighted by molar-refractivity contribution is 6.00. The molecule has 0 saturated heterocycles. The van der Waals surface area contributed by atoms with Crippen LogP contribution in [0.15, 0.2) is 42.7 Å².